The maximum Gasteiger partial charge on any atom is 0.288 e. The standard InChI is InChI=1S/C10H13F2NOS/c1-13-6-9(14)7-3-2-4-8(5-7)15-10(11)12/h2-5,9-10,13-14H,6H2,1H3. The van der Waals surface area contributed by atoms with Crippen LogP contribution in [0.5, 0.6) is 0 Å². The number of thioether (sulfide) groups is 1. The first-order valence-electron chi connectivity index (χ1n) is 4.51. The van der Waals surface area contributed by atoms with Gasteiger partial charge in [0.15, 0.2) is 0 Å². The number of alkyl halides is 2. The Morgan fingerprint density at radius 1 is 1.47 bits per heavy atom. The first-order valence-corrected chi connectivity index (χ1v) is 5.39. The van der Waals surface area contributed by atoms with Gasteiger partial charge in [0.25, 0.3) is 5.76 Å². The SMILES string of the molecule is CNCC(O)c1cccc(SC(F)F)c1. The Morgan fingerprint density at radius 3 is 2.80 bits per heavy atom. The van der Waals surface area contributed by atoms with Crippen molar-refractivity contribution in [3.63, 3.8) is 0 Å². The van der Waals surface area contributed by atoms with Crippen molar-refractivity contribution in [2.24, 2.45) is 0 Å². The van der Waals surface area contributed by atoms with Crippen LogP contribution in [0, 0.1) is 0 Å². The Morgan fingerprint density at radius 2 is 2.20 bits per heavy atom. The molecule has 1 aromatic rings. The number of aliphatic hydroxyl groups excluding tert-OH is 1. The lowest BCUT2D eigenvalue weighted by molar-refractivity contribution is 0.177. The molecule has 0 aliphatic rings. The maximum atomic E-state index is 12.1. The molecule has 5 heteroatoms. The van der Waals surface area contributed by atoms with Crippen LogP contribution in [0.4, 0.5) is 8.78 Å². The minimum Gasteiger partial charge on any atom is -0.387 e. The van der Waals surface area contributed by atoms with E-state index in [0.29, 0.717) is 28.8 Å². The first-order chi connectivity index (χ1) is 7.13. The zero-order valence-electron chi connectivity index (χ0n) is 8.28. The van der Waals surface area contributed by atoms with Gasteiger partial charge in [-0.25, -0.2) is 0 Å². The van der Waals surface area contributed by atoms with Gasteiger partial charge < -0.3 is 10.4 Å². The van der Waals surface area contributed by atoms with Crippen molar-refractivity contribution < 1.29 is 13.9 Å². The lowest BCUT2D eigenvalue weighted by atomic mass is 10.1. The van der Waals surface area contributed by atoms with Crippen LogP contribution in [0.15, 0.2) is 29.2 Å². The summed E-state index contributed by atoms with van der Waals surface area (Å²) in [6.45, 7) is 0.406. The molecule has 0 aliphatic carbocycles. The van der Waals surface area contributed by atoms with Crippen molar-refractivity contribution in [1.82, 2.24) is 5.32 Å². The zero-order chi connectivity index (χ0) is 11.3. The largest absolute Gasteiger partial charge is 0.387 e. The summed E-state index contributed by atoms with van der Waals surface area (Å²) in [5.41, 5.74) is 0.648. The second kappa shape index (κ2) is 6.05. The number of rotatable bonds is 5. The molecule has 0 saturated heterocycles. The molecule has 0 aromatic heterocycles. The van der Waals surface area contributed by atoms with E-state index in [4.69, 9.17) is 0 Å². The molecule has 2 nitrogen and oxygen atoms in total. The minimum atomic E-state index is -2.43. The van der Waals surface area contributed by atoms with E-state index in [2.05, 4.69) is 5.32 Å². The number of nitrogens with one attached hydrogen (secondary N) is 1. The lowest BCUT2D eigenvalue weighted by Crippen LogP contribution is -2.16. The van der Waals surface area contributed by atoms with Crippen LogP contribution < -0.4 is 5.32 Å². The Kier molecular flexibility index (Phi) is 5.01. The predicted octanol–water partition coefficient (Wildman–Crippen LogP) is 2.25. The predicted molar refractivity (Wildman–Crippen MR) is 57.2 cm³/mol. The van der Waals surface area contributed by atoms with Gasteiger partial charge in [-0.05, 0) is 24.7 Å². The van der Waals surface area contributed by atoms with Crippen LogP contribution in [0.2, 0.25) is 0 Å². The van der Waals surface area contributed by atoms with Gasteiger partial charge in [0.05, 0.1) is 6.10 Å². The molecule has 1 unspecified atom stereocenters. The summed E-state index contributed by atoms with van der Waals surface area (Å²) in [5.74, 6) is -2.43. The van der Waals surface area contributed by atoms with Crippen LogP contribution in [-0.2, 0) is 0 Å². The molecule has 0 aliphatic heterocycles. The Bertz CT molecular complexity index is 309. The van der Waals surface area contributed by atoms with Gasteiger partial charge in [0.2, 0.25) is 0 Å². The number of hydrogen-bond acceptors (Lipinski definition) is 3. The van der Waals surface area contributed by atoms with Crippen molar-refractivity contribution in [3.8, 4) is 0 Å². The second-order valence-electron chi connectivity index (χ2n) is 3.02. The van der Waals surface area contributed by atoms with Gasteiger partial charge in [-0.3, -0.25) is 0 Å². The molecule has 0 spiro atoms. The molecule has 1 atom stereocenters. The van der Waals surface area contributed by atoms with Crippen molar-refractivity contribution in [2.75, 3.05) is 13.6 Å². The highest BCUT2D eigenvalue weighted by Gasteiger charge is 2.09. The molecule has 84 valence electrons. The summed E-state index contributed by atoms with van der Waals surface area (Å²) in [6, 6.07) is 6.57. The van der Waals surface area contributed by atoms with Crippen molar-refractivity contribution in [3.05, 3.63) is 29.8 Å². The second-order valence-corrected chi connectivity index (χ2v) is 4.09. The Hall–Kier alpha value is -0.650. The smallest absolute Gasteiger partial charge is 0.288 e. The Labute approximate surface area is 91.7 Å². The third kappa shape index (κ3) is 4.15. The molecule has 15 heavy (non-hydrogen) atoms. The highest BCUT2D eigenvalue weighted by Crippen LogP contribution is 2.27. The maximum absolute atomic E-state index is 12.1. The van der Waals surface area contributed by atoms with Gasteiger partial charge in [0.1, 0.15) is 0 Å². The summed E-state index contributed by atoms with van der Waals surface area (Å²) in [7, 11) is 1.72. The van der Waals surface area contributed by atoms with E-state index >= 15 is 0 Å². The number of benzene rings is 1. The Balaban J connectivity index is 2.73. The fourth-order valence-electron chi connectivity index (χ4n) is 1.21. The van der Waals surface area contributed by atoms with Crippen molar-refractivity contribution in [1.29, 1.82) is 0 Å². The quantitative estimate of drug-likeness (QED) is 0.765. The van der Waals surface area contributed by atoms with Crippen LogP contribution >= 0.6 is 11.8 Å². The van der Waals surface area contributed by atoms with E-state index in [1.54, 1.807) is 31.3 Å². The average molecular weight is 233 g/mol. The molecule has 0 radical (unpaired) electrons. The van der Waals surface area contributed by atoms with E-state index in [0.717, 1.165) is 0 Å². The van der Waals surface area contributed by atoms with Crippen LogP contribution in [0.1, 0.15) is 11.7 Å². The van der Waals surface area contributed by atoms with E-state index in [1.807, 2.05) is 0 Å². The summed E-state index contributed by atoms with van der Waals surface area (Å²) in [5, 5.41) is 12.4. The highest BCUT2D eigenvalue weighted by molar-refractivity contribution is 7.99. The molecule has 0 amide bonds. The number of likely N-dealkylation sites (N-methyl/N-ethyl adjacent to an activating group) is 1. The van der Waals surface area contributed by atoms with Gasteiger partial charge in [-0.1, -0.05) is 23.9 Å². The fourth-order valence-corrected chi connectivity index (χ4v) is 1.78. The average Bonchev–Trinajstić information content (AvgIpc) is 2.17. The molecular weight excluding hydrogens is 220 g/mol. The van der Waals surface area contributed by atoms with E-state index in [-0.39, 0.29) is 0 Å². The van der Waals surface area contributed by atoms with E-state index in [1.165, 1.54) is 0 Å². The van der Waals surface area contributed by atoms with Gasteiger partial charge in [-0.2, -0.15) is 8.78 Å². The number of halogens is 2. The molecule has 1 rings (SSSR count). The molecule has 0 bridgehead atoms. The van der Waals surface area contributed by atoms with Crippen LogP contribution in [-0.4, -0.2) is 24.5 Å². The van der Waals surface area contributed by atoms with E-state index < -0.39 is 11.9 Å². The lowest BCUT2D eigenvalue weighted by Gasteiger charge is -2.11. The monoisotopic (exact) mass is 233 g/mol. The third-order valence-electron chi connectivity index (χ3n) is 1.87. The molecular formula is C10H13F2NOS. The third-order valence-corrected chi connectivity index (χ3v) is 2.57. The van der Waals surface area contributed by atoms with Crippen LogP contribution in [0.25, 0.3) is 0 Å². The molecule has 0 saturated carbocycles. The fraction of sp³-hybridized carbons (Fsp3) is 0.400. The summed E-state index contributed by atoms with van der Waals surface area (Å²) in [6.07, 6.45) is -0.659. The van der Waals surface area contributed by atoms with Gasteiger partial charge >= 0.3 is 0 Å². The molecule has 1 aromatic carbocycles. The van der Waals surface area contributed by atoms with E-state index in [9.17, 15) is 13.9 Å². The molecule has 0 heterocycles. The number of aliphatic hydroxyl groups is 1. The summed E-state index contributed by atoms with van der Waals surface area (Å²) in [4.78, 5) is 0.470. The molecule has 2 N–H and O–H groups in total. The summed E-state index contributed by atoms with van der Waals surface area (Å²) < 4.78 is 24.2. The van der Waals surface area contributed by atoms with Crippen molar-refractivity contribution in [2.45, 2.75) is 16.8 Å². The highest BCUT2D eigenvalue weighted by atomic mass is 32.2. The van der Waals surface area contributed by atoms with Crippen molar-refractivity contribution >= 4 is 11.8 Å². The minimum absolute atomic E-state index is 0.406. The van der Waals surface area contributed by atoms with Crippen LogP contribution in [0.3, 0.4) is 0 Å². The van der Waals surface area contributed by atoms with Gasteiger partial charge in [0, 0.05) is 11.4 Å². The number of hydrogen-bond donors (Lipinski definition) is 2. The normalized spacial score (nSPS) is 13.1. The first kappa shape index (κ1) is 12.4. The zero-order valence-corrected chi connectivity index (χ0v) is 9.10. The summed E-state index contributed by atoms with van der Waals surface area (Å²) >= 11 is 0.483. The molecule has 0 fully saturated rings. The van der Waals surface area contributed by atoms with Gasteiger partial charge in [-0.15, -0.1) is 0 Å². The topological polar surface area (TPSA) is 32.3 Å².